The van der Waals surface area contributed by atoms with E-state index in [2.05, 4.69) is 52.8 Å². The first kappa shape index (κ1) is 14.6. The predicted octanol–water partition coefficient (Wildman–Crippen LogP) is 4.55. The van der Waals surface area contributed by atoms with Crippen molar-refractivity contribution >= 4 is 0 Å². The van der Waals surface area contributed by atoms with Gasteiger partial charge in [-0.05, 0) is 61.1 Å². The zero-order valence-corrected chi connectivity index (χ0v) is 13.2. The van der Waals surface area contributed by atoms with Crippen LogP contribution < -0.4 is 5.73 Å². The minimum Gasteiger partial charge on any atom is -0.321 e. The van der Waals surface area contributed by atoms with Gasteiger partial charge in [-0.2, -0.15) is 0 Å². The van der Waals surface area contributed by atoms with Crippen molar-refractivity contribution in [3.63, 3.8) is 0 Å². The Balaban J connectivity index is 2.43. The molecule has 3 unspecified atom stereocenters. The standard InChI is InChI=1S/C18H29N/c1-12(2)17-9-6-13(3)11-18(17,19)16-8-7-14(4)15(5)10-16/h7-8,10,12-13,17H,6,9,11,19H2,1-5H3. The Bertz CT molecular complexity index is 449. The third-order valence-electron chi connectivity index (χ3n) is 5.17. The Kier molecular flexibility index (Phi) is 4.06. The summed E-state index contributed by atoms with van der Waals surface area (Å²) in [6, 6.07) is 6.81. The fourth-order valence-electron chi connectivity index (χ4n) is 3.84. The van der Waals surface area contributed by atoms with Crippen LogP contribution in [0.1, 0.15) is 56.7 Å². The van der Waals surface area contributed by atoms with Gasteiger partial charge < -0.3 is 5.73 Å². The SMILES string of the molecule is Cc1ccc(C2(N)CC(C)CCC2C(C)C)cc1C. The van der Waals surface area contributed by atoms with Gasteiger partial charge in [0.15, 0.2) is 0 Å². The summed E-state index contributed by atoms with van der Waals surface area (Å²) in [5, 5.41) is 0. The Morgan fingerprint density at radius 1 is 1.16 bits per heavy atom. The molecule has 1 aromatic rings. The fourth-order valence-corrected chi connectivity index (χ4v) is 3.84. The van der Waals surface area contributed by atoms with Crippen LogP contribution in [-0.2, 0) is 5.54 Å². The number of hydrogen-bond acceptors (Lipinski definition) is 1. The normalized spacial score (nSPS) is 31.7. The van der Waals surface area contributed by atoms with E-state index in [4.69, 9.17) is 5.73 Å². The average molecular weight is 259 g/mol. The molecule has 0 amide bonds. The smallest absolute Gasteiger partial charge is 0.0443 e. The van der Waals surface area contributed by atoms with Crippen molar-refractivity contribution < 1.29 is 0 Å². The van der Waals surface area contributed by atoms with Crippen LogP contribution in [0.25, 0.3) is 0 Å². The lowest BCUT2D eigenvalue weighted by atomic mass is 9.62. The molecule has 2 N–H and O–H groups in total. The molecule has 2 rings (SSSR count). The average Bonchev–Trinajstić information content (AvgIpc) is 2.31. The summed E-state index contributed by atoms with van der Waals surface area (Å²) >= 11 is 0. The van der Waals surface area contributed by atoms with Crippen molar-refractivity contribution in [2.24, 2.45) is 23.5 Å². The topological polar surface area (TPSA) is 26.0 Å². The van der Waals surface area contributed by atoms with Crippen LogP contribution in [0, 0.1) is 31.6 Å². The molecule has 0 radical (unpaired) electrons. The molecule has 1 nitrogen and oxygen atoms in total. The van der Waals surface area contributed by atoms with Gasteiger partial charge >= 0.3 is 0 Å². The molecule has 0 bridgehead atoms. The van der Waals surface area contributed by atoms with Crippen molar-refractivity contribution in [2.45, 2.75) is 59.4 Å². The number of hydrogen-bond donors (Lipinski definition) is 1. The summed E-state index contributed by atoms with van der Waals surface area (Å²) in [7, 11) is 0. The molecule has 0 aliphatic heterocycles. The molecular formula is C18H29N. The molecule has 1 aromatic carbocycles. The molecule has 1 saturated carbocycles. The number of rotatable bonds is 2. The van der Waals surface area contributed by atoms with Crippen LogP contribution >= 0.6 is 0 Å². The van der Waals surface area contributed by atoms with Crippen LogP contribution in [0.2, 0.25) is 0 Å². The van der Waals surface area contributed by atoms with Gasteiger partial charge in [-0.15, -0.1) is 0 Å². The zero-order valence-electron chi connectivity index (χ0n) is 13.2. The summed E-state index contributed by atoms with van der Waals surface area (Å²) in [4.78, 5) is 0. The molecule has 1 fully saturated rings. The molecule has 1 heteroatoms. The second-order valence-electron chi connectivity index (χ2n) is 7.08. The second-order valence-corrected chi connectivity index (χ2v) is 7.08. The minimum absolute atomic E-state index is 0.135. The lowest BCUT2D eigenvalue weighted by Crippen LogP contribution is -2.50. The number of nitrogens with two attached hydrogens (primary N) is 1. The summed E-state index contributed by atoms with van der Waals surface area (Å²) in [6.45, 7) is 11.4. The summed E-state index contributed by atoms with van der Waals surface area (Å²) in [5.74, 6) is 1.99. The molecule has 0 aromatic heterocycles. The van der Waals surface area contributed by atoms with Gasteiger partial charge in [-0.1, -0.05) is 45.4 Å². The van der Waals surface area contributed by atoms with E-state index < -0.39 is 0 Å². The quantitative estimate of drug-likeness (QED) is 0.828. The Labute approximate surface area is 118 Å². The van der Waals surface area contributed by atoms with E-state index in [9.17, 15) is 0 Å². The van der Waals surface area contributed by atoms with Crippen LogP contribution in [0.5, 0.6) is 0 Å². The van der Waals surface area contributed by atoms with Gasteiger partial charge in [0, 0.05) is 5.54 Å². The maximum absolute atomic E-state index is 6.93. The largest absolute Gasteiger partial charge is 0.321 e. The molecule has 3 atom stereocenters. The number of benzene rings is 1. The van der Waals surface area contributed by atoms with Gasteiger partial charge in [-0.3, -0.25) is 0 Å². The highest BCUT2D eigenvalue weighted by Crippen LogP contribution is 2.45. The first-order valence-corrected chi connectivity index (χ1v) is 7.71. The summed E-state index contributed by atoms with van der Waals surface area (Å²) in [6.07, 6.45) is 3.72. The van der Waals surface area contributed by atoms with Gasteiger partial charge in [0.1, 0.15) is 0 Å². The van der Waals surface area contributed by atoms with Crippen LogP contribution in [0.15, 0.2) is 18.2 Å². The molecule has 1 aliphatic rings. The van der Waals surface area contributed by atoms with Crippen molar-refractivity contribution in [3.8, 4) is 0 Å². The highest BCUT2D eigenvalue weighted by atomic mass is 14.8. The lowest BCUT2D eigenvalue weighted by Gasteiger charge is -2.46. The first-order chi connectivity index (χ1) is 8.84. The molecule has 1 aliphatic carbocycles. The fraction of sp³-hybridized carbons (Fsp3) is 0.667. The van der Waals surface area contributed by atoms with E-state index in [1.807, 2.05) is 0 Å². The van der Waals surface area contributed by atoms with Gasteiger partial charge in [0.05, 0.1) is 0 Å². The molecule has 0 spiro atoms. The van der Waals surface area contributed by atoms with E-state index >= 15 is 0 Å². The summed E-state index contributed by atoms with van der Waals surface area (Å²) in [5.41, 5.74) is 10.9. The maximum atomic E-state index is 6.93. The lowest BCUT2D eigenvalue weighted by molar-refractivity contribution is 0.108. The highest BCUT2D eigenvalue weighted by Gasteiger charge is 2.42. The van der Waals surface area contributed by atoms with E-state index in [-0.39, 0.29) is 5.54 Å². The summed E-state index contributed by atoms with van der Waals surface area (Å²) < 4.78 is 0. The van der Waals surface area contributed by atoms with Gasteiger partial charge in [0.25, 0.3) is 0 Å². The van der Waals surface area contributed by atoms with Crippen LogP contribution in [0.4, 0.5) is 0 Å². The van der Waals surface area contributed by atoms with Crippen molar-refractivity contribution in [1.29, 1.82) is 0 Å². The van der Waals surface area contributed by atoms with E-state index in [1.54, 1.807) is 0 Å². The Morgan fingerprint density at radius 2 is 1.84 bits per heavy atom. The third kappa shape index (κ3) is 2.72. The van der Waals surface area contributed by atoms with Crippen molar-refractivity contribution in [3.05, 3.63) is 34.9 Å². The van der Waals surface area contributed by atoms with Gasteiger partial charge in [0.2, 0.25) is 0 Å². The van der Waals surface area contributed by atoms with E-state index in [1.165, 1.54) is 29.5 Å². The predicted molar refractivity (Wildman–Crippen MR) is 83.1 cm³/mol. The minimum atomic E-state index is -0.135. The van der Waals surface area contributed by atoms with Crippen LogP contribution in [0.3, 0.4) is 0 Å². The first-order valence-electron chi connectivity index (χ1n) is 7.71. The van der Waals surface area contributed by atoms with Gasteiger partial charge in [-0.25, -0.2) is 0 Å². The monoisotopic (exact) mass is 259 g/mol. The Hall–Kier alpha value is -0.820. The van der Waals surface area contributed by atoms with E-state index in [0.717, 1.165) is 12.3 Å². The highest BCUT2D eigenvalue weighted by molar-refractivity contribution is 5.35. The van der Waals surface area contributed by atoms with E-state index in [0.29, 0.717) is 11.8 Å². The molecule has 106 valence electrons. The molecule has 0 heterocycles. The molecule has 19 heavy (non-hydrogen) atoms. The second kappa shape index (κ2) is 5.28. The molecular weight excluding hydrogens is 230 g/mol. The third-order valence-corrected chi connectivity index (χ3v) is 5.17. The maximum Gasteiger partial charge on any atom is 0.0443 e. The molecule has 0 saturated heterocycles. The van der Waals surface area contributed by atoms with Crippen molar-refractivity contribution in [1.82, 2.24) is 0 Å². The van der Waals surface area contributed by atoms with Crippen LogP contribution in [-0.4, -0.2) is 0 Å². The van der Waals surface area contributed by atoms with Crippen molar-refractivity contribution in [2.75, 3.05) is 0 Å². The zero-order chi connectivity index (χ0) is 14.2. The number of aryl methyl sites for hydroxylation is 2. The Morgan fingerprint density at radius 3 is 2.42 bits per heavy atom.